The average molecular weight is 341 g/mol. The Labute approximate surface area is 144 Å². The summed E-state index contributed by atoms with van der Waals surface area (Å²) in [5, 5.41) is 0.109. The minimum atomic E-state index is -2.87. The van der Waals surface area contributed by atoms with Crippen molar-refractivity contribution < 1.29 is 8.78 Å². The molecule has 23 heavy (non-hydrogen) atoms. The molecule has 0 aliphatic heterocycles. The van der Waals surface area contributed by atoms with Crippen LogP contribution in [0.15, 0.2) is 58.2 Å². The van der Waals surface area contributed by atoms with Gasteiger partial charge in [0.1, 0.15) is 0 Å². The number of hydrogen-bond acceptors (Lipinski definition) is 0. The largest absolute Gasteiger partial charge is 0.270 e. The standard InChI is InChI=1S/C20H27ClF2/c1-6-19(20(5,22)23)18-12-11-14(2)16(4)13-17(21)10-8-7-9-15(18)3/h6-7,9,11-12,17H,8,10,13H2,1-5H3/b9-7+,12-11-,16-14+,18-15-,19-6+. The molecule has 0 heterocycles. The number of allylic oxidation sites excluding steroid dienone is 10. The third-order valence-electron chi connectivity index (χ3n) is 4.19. The molecule has 0 saturated carbocycles. The first-order chi connectivity index (χ1) is 10.7. The van der Waals surface area contributed by atoms with Gasteiger partial charge in [-0.1, -0.05) is 41.5 Å². The van der Waals surface area contributed by atoms with E-state index in [9.17, 15) is 8.78 Å². The zero-order chi connectivity index (χ0) is 17.6. The predicted molar refractivity (Wildman–Crippen MR) is 97.2 cm³/mol. The Bertz CT molecular complexity index is 569. The van der Waals surface area contributed by atoms with Crippen LogP contribution in [0.4, 0.5) is 8.78 Å². The first-order valence-corrected chi connectivity index (χ1v) is 8.51. The molecular weight excluding hydrogens is 314 g/mol. The van der Waals surface area contributed by atoms with Crippen LogP contribution in [0.25, 0.3) is 0 Å². The molecule has 0 aromatic rings. The van der Waals surface area contributed by atoms with Gasteiger partial charge < -0.3 is 0 Å². The molecule has 0 fully saturated rings. The fourth-order valence-corrected chi connectivity index (χ4v) is 3.01. The van der Waals surface area contributed by atoms with Gasteiger partial charge >= 0.3 is 0 Å². The van der Waals surface area contributed by atoms with Gasteiger partial charge in [0.15, 0.2) is 0 Å². The second-order valence-corrected chi connectivity index (χ2v) is 6.88. The van der Waals surface area contributed by atoms with E-state index < -0.39 is 5.92 Å². The molecule has 1 aliphatic rings. The van der Waals surface area contributed by atoms with Gasteiger partial charge in [-0.15, -0.1) is 11.6 Å². The lowest BCUT2D eigenvalue weighted by atomic mass is 9.93. The Morgan fingerprint density at radius 3 is 2.39 bits per heavy atom. The van der Waals surface area contributed by atoms with Crippen LogP contribution in [-0.2, 0) is 0 Å². The predicted octanol–water partition coefficient (Wildman–Crippen LogP) is 7.14. The summed E-state index contributed by atoms with van der Waals surface area (Å²) < 4.78 is 27.9. The normalized spacial score (nSPS) is 31.3. The fourth-order valence-electron chi connectivity index (χ4n) is 2.65. The molecule has 0 saturated heterocycles. The SMILES string of the molecule is C\C=C(C1=C(C)\C=C\CCC(Cl)C/C(C)=C(C)/C=C\1)\C(C)(F)F. The molecular formula is C20H27ClF2. The Hall–Kier alpha value is -1.15. The molecule has 1 aliphatic carbocycles. The van der Waals surface area contributed by atoms with Crippen molar-refractivity contribution in [3.8, 4) is 0 Å². The summed E-state index contributed by atoms with van der Waals surface area (Å²) in [6.07, 6.45) is 11.7. The van der Waals surface area contributed by atoms with Crippen molar-refractivity contribution >= 4 is 11.6 Å². The molecule has 0 aromatic carbocycles. The van der Waals surface area contributed by atoms with E-state index in [1.165, 1.54) is 11.6 Å². The fraction of sp³-hybridized carbons (Fsp3) is 0.500. The van der Waals surface area contributed by atoms with Crippen molar-refractivity contribution in [1.82, 2.24) is 0 Å². The average Bonchev–Trinajstić information content (AvgIpc) is 2.44. The van der Waals surface area contributed by atoms with Crippen LogP contribution < -0.4 is 0 Å². The Kier molecular flexibility index (Phi) is 7.47. The summed E-state index contributed by atoms with van der Waals surface area (Å²) in [6, 6.07) is 0. The third kappa shape index (κ3) is 6.10. The molecule has 1 rings (SSSR count). The molecule has 1 atom stereocenters. The van der Waals surface area contributed by atoms with Crippen LogP contribution in [0, 0.1) is 0 Å². The van der Waals surface area contributed by atoms with E-state index in [0.29, 0.717) is 5.57 Å². The maximum atomic E-state index is 13.9. The minimum Gasteiger partial charge on any atom is -0.202 e. The summed E-state index contributed by atoms with van der Waals surface area (Å²) in [5.74, 6) is -2.87. The van der Waals surface area contributed by atoms with Gasteiger partial charge in [0.2, 0.25) is 0 Å². The van der Waals surface area contributed by atoms with E-state index in [1.54, 1.807) is 13.0 Å². The smallest absolute Gasteiger partial charge is 0.202 e. The Balaban J connectivity index is 3.39. The van der Waals surface area contributed by atoms with Crippen molar-refractivity contribution in [1.29, 1.82) is 0 Å². The number of halogens is 3. The van der Waals surface area contributed by atoms with Crippen LogP contribution in [0.5, 0.6) is 0 Å². The topological polar surface area (TPSA) is 0 Å². The van der Waals surface area contributed by atoms with Crippen LogP contribution in [0.3, 0.4) is 0 Å². The first kappa shape index (κ1) is 19.9. The lowest BCUT2D eigenvalue weighted by Crippen LogP contribution is -2.15. The van der Waals surface area contributed by atoms with Crippen molar-refractivity contribution in [2.75, 3.05) is 0 Å². The summed E-state index contributed by atoms with van der Waals surface area (Å²) in [7, 11) is 0. The van der Waals surface area contributed by atoms with Gasteiger partial charge in [-0.25, -0.2) is 8.78 Å². The van der Waals surface area contributed by atoms with E-state index in [4.69, 9.17) is 11.6 Å². The van der Waals surface area contributed by atoms with Gasteiger partial charge in [0, 0.05) is 17.9 Å². The second-order valence-electron chi connectivity index (χ2n) is 6.27. The maximum absolute atomic E-state index is 13.9. The molecule has 3 heteroatoms. The monoisotopic (exact) mass is 340 g/mol. The quantitative estimate of drug-likeness (QED) is 0.468. The number of rotatable bonds is 2. The molecule has 1 unspecified atom stereocenters. The van der Waals surface area contributed by atoms with E-state index in [2.05, 4.69) is 6.92 Å². The molecule has 128 valence electrons. The van der Waals surface area contributed by atoms with E-state index in [-0.39, 0.29) is 11.0 Å². The molecule has 0 spiro atoms. The number of alkyl halides is 3. The maximum Gasteiger partial charge on any atom is 0.270 e. The molecule has 0 N–H and O–H groups in total. The van der Waals surface area contributed by atoms with Gasteiger partial charge in [-0.2, -0.15) is 0 Å². The van der Waals surface area contributed by atoms with Crippen LogP contribution in [0.1, 0.15) is 53.9 Å². The van der Waals surface area contributed by atoms with Crippen LogP contribution in [-0.4, -0.2) is 11.3 Å². The highest BCUT2D eigenvalue weighted by molar-refractivity contribution is 6.20. The molecule has 0 radical (unpaired) electrons. The highest BCUT2D eigenvalue weighted by Gasteiger charge is 2.29. The first-order valence-electron chi connectivity index (χ1n) is 8.07. The zero-order valence-electron chi connectivity index (χ0n) is 14.7. The Morgan fingerprint density at radius 2 is 1.83 bits per heavy atom. The van der Waals surface area contributed by atoms with E-state index >= 15 is 0 Å². The summed E-state index contributed by atoms with van der Waals surface area (Å²) in [5.41, 5.74) is 3.78. The van der Waals surface area contributed by atoms with E-state index in [0.717, 1.165) is 37.3 Å². The molecule has 0 aromatic heterocycles. The molecule has 0 bridgehead atoms. The molecule has 0 amide bonds. The summed E-state index contributed by atoms with van der Waals surface area (Å²) in [4.78, 5) is 0. The van der Waals surface area contributed by atoms with Crippen LogP contribution in [0.2, 0.25) is 0 Å². The van der Waals surface area contributed by atoms with Gasteiger partial charge in [-0.05, 0) is 58.1 Å². The van der Waals surface area contributed by atoms with Gasteiger partial charge in [-0.3, -0.25) is 0 Å². The van der Waals surface area contributed by atoms with Crippen LogP contribution >= 0.6 is 11.6 Å². The lowest BCUT2D eigenvalue weighted by molar-refractivity contribution is 0.0661. The van der Waals surface area contributed by atoms with Gasteiger partial charge in [0.05, 0.1) is 0 Å². The third-order valence-corrected chi connectivity index (χ3v) is 4.56. The summed E-state index contributed by atoms with van der Waals surface area (Å²) >= 11 is 6.36. The zero-order valence-corrected chi connectivity index (χ0v) is 15.5. The number of hydrogen-bond donors (Lipinski definition) is 0. The van der Waals surface area contributed by atoms with Crippen molar-refractivity contribution in [3.63, 3.8) is 0 Å². The molecule has 0 nitrogen and oxygen atoms in total. The lowest BCUT2D eigenvalue weighted by Gasteiger charge is -2.18. The summed E-state index contributed by atoms with van der Waals surface area (Å²) in [6.45, 7) is 8.54. The van der Waals surface area contributed by atoms with Gasteiger partial charge in [0.25, 0.3) is 5.92 Å². The minimum absolute atomic E-state index is 0.0635. The van der Waals surface area contributed by atoms with Crippen molar-refractivity contribution in [2.24, 2.45) is 0 Å². The van der Waals surface area contributed by atoms with E-state index in [1.807, 2.05) is 32.1 Å². The second kappa shape index (κ2) is 8.63. The Morgan fingerprint density at radius 1 is 1.17 bits per heavy atom. The van der Waals surface area contributed by atoms with Crippen molar-refractivity contribution in [3.05, 3.63) is 58.2 Å². The van der Waals surface area contributed by atoms with Crippen molar-refractivity contribution in [2.45, 2.75) is 65.2 Å². The highest BCUT2D eigenvalue weighted by atomic mass is 35.5. The highest BCUT2D eigenvalue weighted by Crippen LogP contribution is 2.33.